The number of sulfonamides is 1. The number of benzene rings is 1. The molecule has 1 fully saturated rings. The summed E-state index contributed by atoms with van der Waals surface area (Å²) in [5.74, 6) is 0.388. The molecule has 1 aromatic rings. The largest absolute Gasteiger partial charge is 0.489 e. The van der Waals surface area contributed by atoms with Crippen LogP contribution < -0.4 is 15.4 Å². The number of para-hydroxylation sites is 2. The molecular formula is C16H25N3O5S. The van der Waals surface area contributed by atoms with Crippen molar-refractivity contribution in [1.82, 2.24) is 9.62 Å². The molecule has 1 saturated heterocycles. The van der Waals surface area contributed by atoms with Crippen LogP contribution in [0.5, 0.6) is 5.75 Å². The lowest BCUT2D eigenvalue weighted by atomic mass is 10.2. The Hall–Kier alpha value is -1.84. The number of amides is 2. The Morgan fingerprint density at radius 1 is 1.36 bits per heavy atom. The summed E-state index contributed by atoms with van der Waals surface area (Å²) in [5, 5.41) is 5.21. The van der Waals surface area contributed by atoms with Crippen LogP contribution in [0, 0.1) is 0 Å². The standard InChI is InChI=1S/C16H25N3O5S/c1-19(2)25(21,22)11-9-17-16(20)18-14-7-3-4-8-15(14)24-12-13-6-5-10-23-13/h3-4,7-8,13H,5-6,9-12H2,1-2H3,(H2,17,18,20)/t13-/m1/s1. The highest BCUT2D eigenvalue weighted by molar-refractivity contribution is 7.89. The number of nitrogens with zero attached hydrogens (tertiary/aromatic N) is 1. The summed E-state index contributed by atoms with van der Waals surface area (Å²) >= 11 is 0. The highest BCUT2D eigenvalue weighted by Gasteiger charge is 2.17. The van der Waals surface area contributed by atoms with E-state index < -0.39 is 16.1 Å². The van der Waals surface area contributed by atoms with Crippen molar-refractivity contribution in [2.24, 2.45) is 0 Å². The SMILES string of the molecule is CN(C)S(=O)(=O)CCNC(=O)Nc1ccccc1OC[C@H]1CCCO1. The maximum atomic E-state index is 12.0. The number of nitrogens with one attached hydrogen (secondary N) is 2. The first-order valence-electron chi connectivity index (χ1n) is 8.17. The minimum absolute atomic E-state index is 0.0191. The molecule has 0 saturated carbocycles. The molecule has 0 spiro atoms. The van der Waals surface area contributed by atoms with Gasteiger partial charge in [0.25, 0.3) is 0 Å². The molecule has 0 radical (unpaired) electrons. The van der Waals surface area contributed by atoms with Crippen molar-refractivity contribution in [3.05, 3.63) is 24.3 Å². The van der Waals surface area contributed by atoms with E-state index >= 15 is 0 Å². The molecule has 0 aliphatic carbocycles. The Kier molecular flexibility index (Phi) is 7.03. The number of hydrogen-bond acceptors (Lipinski definition) is 5. The molecule has 1 atom stereocenters. The smallest absolute Gasteiger partial charge is 0.319 e. The lowest BCUT2D eigenvalue weighted by Crippen LogP contribution is -2.36. The molecule has 0 unspecified atom stereocenters. The summed E-state index contributed by atoms with van der Waals surface area (Å²) < 4.78 is 35.7. The van der Waals surface area contributed by atoms with Gasteiger partial charge in [-0.3, -0.25) is 0 Å². The van der Waals surface area contributed by atoms with Gasteiger partial charge in [-0.25, -0.2) is 17.5 Å². The second-order valence-corrected chi connectivity index (χ2v) is 8.22. The van der Waals surface area contributed by atoms with Gasteiger partial charge in [0.15, 0.2) is 0 Å². The quantitative estimate of drug-likeness (QED) is 0.717. The van der Waals surface area contributed by atoms with Crippen LogP contribution in [0.15, 0.2) is 24.3 Å². The minimum Gasteiger partial charge on any atom is -0.489 e. The van der Waals surface area contributed by atoms with E-state index in [4.69, 9.17) is 9.47 Å². The van der Waals surface area contributed by atoms with Gasteiger partial charge in [0.05, 0.1) is 17.5 Å². The lowest BCUT2D eigenvalue weighted by molar-refractivity contribution is 0.0682. The van der Waals surface area contributed by atoms with Gasteiger partial charge >= 0.3 is 6.03 Å². The Morgan fingerprint density at radius 2 is 2.12 bits per heavy atom. The summed E-state index contributed by atoms with van der Waals surface area (Å²) in [6.45, 7) is 1.21. The predicted octanol–water partition coefficient (Wildman–Crippen LogP) is 1.26. The number of urea groups is 1. The minimum atomic E-state index is -3.34. The highest BCUT2D eigenvalue weighted by atomic mass is 32.2. The molecule has 1 aliphatic rings. The van der Waals surface area contributed by atoms with Crippen LogP contribution in [-0.2, 0) is 14.8 Å². The molecule has 2 rings (SSSR count). The normalized spacial score (nSPS) is 17.5. The average Bonchev–Trinajstić information content (AvgIpc) is 3.07. The molecule has 2 N–H and O–H groups in total. The fourth-order valence-corrected chi connectivity index (χ4v) is 3.02. The molecule has 1 aromatic carbocycles. The van der Waals surface area contributed by atoms with Crippen LogP contribution in [0.2, 0.25) is 0 Å². The first-order chi connectivity index (χ1) is 11.9. The zero-order chi connectivity index (χ0) is 18.3. The van der Waals surface area contributed by atoms with Gasteiger partial charge in [-0.15, -0.1) is 0 Å². The molecule has 8 nitrogen and oxygen atoms in total. The molecule has 0 aromatic heterocycles. The number of carbonyl (C=O) groups is 1. The summed E-state index contributed by atoms with van der Waals surface area (Å²) in [4.78, 5) is 12.0. The highest BCUT2D eigenvalue weighted by Crippen LogP contribution is 2.24. The second-order valence-electron chi connectivity index (χ2n) is 5.92. The summed E-state index contributed by atoms with van der Waals surface area (Å²) in [5.41, 5.74) is 0.522. The number of rotatable bonds is 8. The van der Waals surface area contributed by atoms with Crippen LogP contribution in [0.4, 0.5) is 10.5 Å². The van der Waals surface area contributed by atoms with E-state index in [0.29, 0.717) is 18.0 Å². The maximum Gasteiger partial charge on any atom is 0.319 e. The molecule has 0 bridgehead atoms. The third-order valence-electron chi connectivity index (χ3n) is 3.79. The van der Waals surface area contributed by atoms with Crippen molar-refractivity contribution in [2.45, 2.75) is 18.9 Å². The Labute approximate surface area is 148 Å². The van der Waals surface area contributed by atoms with Crippen LogP contribution >= 0.6 is 0 Å². The Morgan fingerprint density at radius 3 is 2.80 bits per heavy atom. The molecule has 1 heterocycles. The van der Waals surface area contributed by atoms with Gasteiger partial charge in [0.2, 0.25) is 10.0 Å². The third kappa shape index (κ3) is 6.18. The first-order valence-corrected chi connectivity index (χ1v) is 9.78. The Bertz CT molecular complexity index is 672. The van der Waals surface area contributed by atoms with E-state index in [9.17, 15) is 13.2 Å². The third-order valence-corrected chi connectivity index (χ3v) is 5.62. The summed E-state index contributed by atoms with van der Waals surface area (Å²) in [6, 6.07) is 6.60. The van der Waals surface area contributed by atoms with Gasteiger partial charge in [0.1, 0.15) is 12.4 Å². The number of ether oxygens (including phenoxy) is 2. The van der Waals surface area contributed by atoms with E-state index in [-0.39, 0.29) is 18.4 Å². The first kappa shape index (κ1) is 19.5. The van der Waals surface area contributed by atoms with Gasteiger partial charge in [-0.2, -0.15) is 0 Å². The van der Waals surface area contributed by atoms with Crippen LogP contribution in [0.25, 0.3) is 0 Å². The van der Waals surface area contributed by atoms with Crippen LogP contribution in [0.1, 0.15) is 12.8 Å². The van der Waals surface area contributed by atoms with Crippen molar-refractivity contribution < 1.29 is 22.7 Å². The predicted molar refractivity (Wildman–Crippen MR) is 95.4 cm³/mol. The molecule has 2 amide bonds. The summed E-state index contributed by atoms with van der Waals surface area (Å²) in [6.07, 6.45) is 2.08. The van der Waals surface area contributed by atoms with E-state index in [1.54, 1.807) is 18.2 Å². The zero-order valence-corrected chi connectivity index (χ0v) is 15.3. The van der Waals surface area contributed by atoms with E-state index in [0.717, 1.165) is 23.8 Å². The molecule has 1 aliphatic heterocycles. The topological polar surface area (TPSA) is 97.0 Å². The van der Waals surface area contributed by atoms with Crippen molar-refractivity contribution in [3.63, 3.8) is 0 Å². The van der Waals surface area contributed by atoms with Crippen molar-refractivity contribution in [2.75, 3.05) is 44.9 Å². The maximum absolute atomic E-state index is 12.0. The van der Waals surface area contributed by atoms with Crippen molar-refractivity contribution in [3.8, 4) is 5.75 Å². The number of hydrogen-bond donors (Lipinski definition) is 2. The lowest BCUT2D eigenvalue weighted by Gasteiger charge is -2.16. The molecule has 25 heavy (non-hydrogen) atoms. The monoisotopic (exact) mass is 371 g/mol. The van der Waals surface area contributed by atoms with Crippen LogP contribution in [0.3, 0.4) is 0 Å². The summed E-state index contributed by atoms with van der Waals surface area (Å²) in [7, 11) is -0.430. The van der Waals surface area contributed by atoms with Crippen LogP contribution in [-0.4, -0.2) is 64.5 Å². The van der Waals surface area contributed by atoms with E-state index in [2.05, 4.69) is 10.6 Å². The fraction of sp³-hybridized carbons (Fsp3) is 0.562. The van der Waals surface area contributed by atoms with Gasteiger partial charge in [-0.05, 0) is 25.0 Å². The Balaban J connectivity index is 1.83. The number of carbonyl (C=O) groups excluding carboxylic acids is 1. The van der Waals surface area contributed by atoms with Gasteiger partial charge in [0, 0.05) is 27.2 Å². The van der Waals surface area contributed by atoms with Gasteiger partial charge < -0.3 is 20.1 Å². The van der Waals surface area contributed by atoms with Gasteiger partial charge in [-0.1, -0.05) is 12.1 Å². The fourth-order valence-electron chi connectivity index (χ4n) is 2.30. The molecule has 140 valence electrons. The average molecular weight is 371 g/mol. The van der Waals surface area contributed by atoms with E-state index in [1.807, 2.05) is 6.07 Å². The molecule has 9 heteroatoms. The molecular weight excluding hydrogens is 346 g/mol. The van der Waals surface area contributed by atoms with Crippen molar-refractivity contribution in [1.29, 1.82) is 0 Å². The number of anilines is 1. The zero-order valence-electron chi connectivity index (χ0n) is 14.5. The van der Waals surface area contributed by atoms with E-state index in [1.165, 1.54) is 14.1 Å². The van der Waals surface area contributed by atoms with Crippen molar-refractivity contribution >= 4 is 21.7 Å². The second kappa shape index (κ2) is 9.02.